The fourth-order valence-corrected chi connectivity index (χ4v) is 2.15. The Labute approximate surface area is 129 Å². The Balaban J connectivity index is 3.18. The number of carbonyl (C=O) groups excluding carboxylic acids is 2. The molecule has 0 N–H and O–H groups in total. The van der Waals surface area contributed by atoms with Crippen LogP contribution < -0.4 is 0 Å². The first-order chi connectivity index (χ1) is 10.2. The molecule has 0 radical (unpaired) electrons. The summed E-state index contributed by atoms with van der Waals surface area (Å²) in [5, 5.41) is 0. The zero-order valence-corrected chi connectivity index (χ0v) is 13.8. The lowest BCUT2D eigenvalue weighted by molar-refractivity contribution is -0.149. The zero-order chi connectivity index (χ0) is 15.8. The second-order valence-corrected chi connectivity index (χ2v) is 5.48. The minimum Gasteiger partial charge on any atom is -0.469 e. The van der Waals surface area contributed by atoms with E-state index in [0.717, 1.165) is 12.8 Å². The molecular weight excluding hydrogens is 268 g/mol. The van der Waals surface area contributed by atoms with Gasteiger partial charge in [-0.2, -0.15) is 0 Å². The van der Waals surface area contributed by atoms with E-state index in [1.165, 1.54) is 58.5 Å². The SMILES string of the molecule is CCCCCCCCCCCCOC(=O)CCC(=O)OC. The van der Waals surface area contributed by atoms with Gasteiger partial charge in [0.05, 0.1) is 26.6 Å². The van der Waals surface area contributed by atoms with E-state index >= 15 is 0 Å². The first-order valence-electron chi connectivity index (χ1n) is 8.43. The van der Waals surface area contributed by atoms with Crippen LogP contribution in [-0.2, 0) is 19.1 Å². The van der Waals surface area contributed by atoms with Crippen LogP contribution in [0.1, 0.15) is 84.0 Å². The van der Waals surface area contributed by atoms with Gasteiger partial charge in [-0.05, 0) is 6.42 Å². The largest absolute Gasteiger partial charge is 0.469 e. The molecule has 21 heavy (non-hydrogen) atoms. The van der Waals surface area contributed by atoms with Crippen molar-refractivity contribution in [2.24, 2.45) is 0 Å². The normalized spacial score (nSPS) is 10.4. The van der Waals surface area contributed by atoms with Crippen molar-refractivity contribution in [1.29, 1.82) is 0 Å². The first kappa shape index (κ1) is 19.9. The van der Waals surface area contributed by atoms with E-state index in [9.17, 15) is 9.59 Å². The number of hydrogen-bond donors (Lipinski definition) is 0. The highest BCUT2D eigenvalue weighted by molar-refractivity contribution is 5.77. The van der Waals surface area contributed by atoms with Crippen molar-refractivity contribution in [2.45, 2.75) is 84.0 Å². The molecular formula is C17H32O4. The van der Waals surface area contributed by atoms with E-state index in [1.807, 2.05) is 0 Å². The van der Waals surface area contributed by atoms with Gasteiger partial charge in [0.2, 0.25) is 0 Å². The Kier molecular flexibility index (Phi) is 14.6. The standard InChI is InChI=1S/C17H32O4/c1-3-4-5-6-7-8-9-10-11-12-15-21-17(19)14-13-16(18)20-2/h3-15H2,1-2H3. The van der Waals surface area contributed by atoms with Gasteiger partial charge in [-0.1, -0.05) is 64.7 Å². The molecule has 0 unspecified atom stereocenters. The maximum atomic E-state index is 11.3. The maximum Gasteiger partial charge on any atom is 0.306 e. The van der Waals surface area contributed by atoms with Crippen LogP contribution in [0.2, 0.25) is 0 Å². The highest BCUT2D eigenvalue weighted by Gasteiger charge is 2.07. The van der Waals surface area contributed by atoms with Crippen LogP contribution in [0.25, 0.3) is 0 Å². The molecule has 0 heterocycles. The highest BCUT2D eigenvalue weighted by atomic mass is 16.5. The minimum absolute atomic E-state index is 0.105. The van der Waals surface area contributed by atoms with Gasteiger partial charge in [0, 0.05) is 0 Å². The van der Waals surface area contributed by atoms with Crippen molar-refractivity contribution in [2.75, 3.05) is 13.7 Å². The molecule has 0 aliphatic heterocycles. The molecule has 0 saturated carbocycles. The first-order valence-corrected chi connectivity index (χ1v) is 8.43. The lowest BCUT2D eigenvalue weighted by Gasteiger charge is -2.05. The van der Waals surface area contributed by atoms with Crippen molar-refractivity contribution < 1.29 is 19.1 Å². The number of ether oxygens (including phenoxy) is 2. The molecule has 0 fully saturated rings. The van der Waals surface area contributed by atoms with Crippen LogP contribution >= 0.6 is 0 Å². The second-order valence-electron chi connectivity index (χ2n) is 5.48. The van der Waals surface area contributed by atoms with Crippen molar-refractivity contribution in [3.05, 3.63) is 0 Å². The third kappa shape index (κ3) is 15.2. The Morgan fingerprint density at radius 1 is 0.714 bits per heavy atom. The summed E-state index contributed by atoms with van der Waals surface area (Å²) < 4.78 is 9.53. The molecule has 0 saturated heterocycles. The minimum atomic E-state index is -0.370. The molecule has 0 aliphatic carbocycles. The van der Waals surface area contributed by atoms with Crippen LogP contribution in [0.15, 0.2) is 0 Å². The summed E-state index contributed by atoms with van der Waals surface area (Å²) in [6.45, 7) is 2.71. The fraction of sp³-hybridized carbons (Fsp3) is 0.882. The molecule has 4 nitrogen and oxygen atoms in total. The van der Waals surface area contributed by atoms with Gasteiger partial charge in [-0.25, -0.2) is 0 Å². The van der Waals surface area contributed by atoms with Gasteiger partial charge >= 0.3 is 11.9 Å². The van der Waals surface area contributed by atoms with E-state index < -0.39 is 0 Å². The topological polar surface area (TPSA) is 52.6 Å². The number of esters is 2. The molecule has 124 valence electrons. The van der Waals surface area contributed by atoms with Crippen LogP contribution in [-0.4, -0.2) is 25.7 Å². The van der Waals surface area contributed by atoms with Gasteiger partial charge in [0.25, 0.3) is 0 Å². The summed E-state index contributed by atoms with van der Waals surface area (Å²) in [4.78, 5) is 22.1. The molecule has 4 heteroatoms. The van der Waals surface area contributed by atoms with Gasteiger partial charge < -0.3 is 9.47 Å². The predicted molar refractivity (Wildman–Crippen MR) is 84.1 cm³/mol. The van der Waals surface area contributed by atoms with Crippen molar-refractivity contribution in [1.82, 2.24) is 0 Å². The summed E-state index contributed by atoms with van der Waals surface area (Å²) in [6, 6.07) is 0. The number of rotatable bonds is 14. The molecule has 0 atom stereocenters. The average molecular weight is 300 g/mol. The lowest BCUT2D eigenvalue weighted by atomic mass is 10.1. The summed E-state index contributed by atoms with van der Waals surface area (Å²) >= 11 is 0. The van der Waals surface area contributed by atoms with Gasteiger partial charge in [0.1, 0.15) is 0 Å². The monoisotopic (exact) mass is 300 g/mol. The Morgan fingerprint density at radius 3 is 1.71 bits per heavy atom. The number of carbonyl (C=O) groups is 2. The Bertz CT molecular complexity index is 264. The number of unbranched alkanes of at least 4 members (excludes halogenated alkanes) is 9. The molecule has 0 aromatic rings. The summed E-state index contributed by atoms with van der Waals surface area (Å²) in [6.07, 6.45) is 12.8. The van der Waals surface area contributed by atoms with Crippen LogP contribution in [0.4, 0.5) is 0 Å². The van der Waals surface area contributed by atoms with Crippen LogP contribution in [0, 0.1) is 0 Å². The lowest BCUT2D eigenvalue weighted by Crippen LogP contribution is -2.09. The molecule has 0 aromatic carbocycles. The van der Waals surface area contributed by atoms with Gasteiger partial charge in [0.15, 0.2) is 0 Å². The molecule has 0 amide bonds. The summed E-state index contributed by atoms with van der Waals surface area (Å²) in [5.74, 6) is -0.679. The Morgan fingerprint density at radius 2 is 1.19 bits per heavy atom. The number of methoxy groups -OCH3 is 1. The third-order valence-corrected chi connectivity index (χ3v) is 3.52. The molecule has 0 aliphatic rings. The average Bonchev–Trinajstić information content (AvgIpc) is 2.50. The third-order valence-electron chi connectivity index (χ3n) is 3.52. The van der Waals surface area contributed by atoms with Crippen LogP contribution in [0.3, 0.4) is 0 Å². The molecule has 0 bridgehead atoms. The van der Waals surface area contributed by atoms with E-state index in [2.05, 4.69) is 11.7 Å². The maximum absolute atomic E-state index is 11.3. The van der Waals surface area contributed by atoms with E-state index in [4.69, 9.17) is 4.74 Å². The van der Waals surface area contributed by atoms with Gasteiger partial charge in [-0.15, -0.1) is 0 Å². The van der Waals surface area contributed by atoms with Gasteiger partial charge in [-0.3, -0.25) is 9.59 Å². The highest BCUT2D eigenvalue weighted by Crippen LogP contribution is 2.10. The van der Waals surface area contributed by atoms with E-state index in [1.54, 1.807) is 0 Å². The summed E-state index contributed by atoms with van der Waals surface area (Å²) in [7, 11) is 1.32. The number of hydrogen-bond acceptors (Lipinski definition) is 4. The Hall–Kier alpha value is -1.06. The summed E-state index contributed by atoms with van der Waals surface area (Å²) in [5.41, 5.74) is 0. The predicted octanol–water partition coefficient (Wildman–Crippen LogP) is 4.40. The van der Waals surface area contributed by atoms with Crippen molar-refractivity contribution >= 4 is 11.9 Å². The second kappa shape index (κ2) is 15.3. The zero-order valence-electron chi connectivity index (χ0n) is 13.8. The van der Waals surface area contributed by atoms with Crippen molar-refractivity contribution in [3.8, 4) is 0 Å². The fourth-order valence-electron chi connectivity index (χ4n) is 2.15. The smallest absolute Gasteiger partial charge is 0.306 e. The molecule has 0 spiro atoms. The molecule has 0 aromatic heterocycles. The van der Waals surface area contributed by atoms with Crippen molar-refractivity contribution in [3.63, 3.8) is 0 Å². The van der Waals surface area contributed by atoms with Crippen LogP contribution in [0.5, 0.6) is 0 Å². The molecule has 0 rings (SSSR count). The van der Waals surface area contributed by atoms with E-state index in [-0.39, 0.29) is 24.8 Å². The van der Waals surface area contributed by atoms with E-state index in [0.29, 0.717) is 6.61 Å². The quantitative estimate of drug-likeness (QED) is 0.352.